The third-order valence-corrected chi connectivity index (χ3v) is 7.13. The van der Waals surface area contributed by atoms with E-state index in [4.69, 9.17) is 0 Å². The highest BCUT2D eigenvalue weighted by molar-refractivity contribution is 7.93. The number of benzene rings is 3. The van der Waals surface area contributed by atoms with Crippen molar-refractivity contribution >= 4 is 27.3 Å². The lowest BCUT2D eigenvalue weighted by Crippen LogP contribution is -2.31. The van der Waals surface area contributed by atoms with Gasteiger partial charge in [0, 0.05) is 29.4 Å². The minimum absolute atomic E-state index is 0.228. The van der Waals surface area contributed by atoms with Crippen molar-refractivity contribution in [2.75, 3.05) is 16.7 Å². The van der Waals surface area contributed by atoms with Gasteiger partial charge in [-0.25, -0.2) is 8.42 Å². The molecule has 1 aliphatic heterocycles. The van der Waals surface area contributed by atoms with Gasteiger partial charge in [0.15, 0.2) is 0 Å². The molecule has 0 radical (unpaired) electrons. The maximum Gasteiger partial charge on any atom is 0.264 e. The monoisotopic (exact) mass is 406 g/mol. The van der Waals surface area contributed by atoms with E-state index in [9.17, 15) is 13.2 Å². The summed E-state index contributed by atoms with van der Waals surface area (Å²) in [6.07, 6.45) is 0.939. The molecule has 148 valence electrons. The smallest absolute Gasteiger partial charge is 0.264 e. The van der Waals surface area contributed by atoms with Gasteiger partial charge in [0.2, 0.25) is 0 Å². The van der Waals surface area contributed by atoms with E-state index < -0.39 is 10.0 Å². The maximum atomic E-state index is 12.9. The Bertz CT molecular complexity index is 1220. The Morgan fingerprint density at radius 1 is 1.00 bits per heavy atom. The number of anilines is 2. The molecule has 0 spiro atoms. The lowest BCUT2D eigenvalue weighted by atomic mass is 9.96. The van der Waals surface area contributed by atoms with Crippen molar-refractivity contribution in [3.63, 3.8) is 0 Å². The van der Waals surface area contributed by atoms with Crippen molar-refractivity contribution in [3.8, 4) is 11.1 Å². The van der Waals surface area contributed by atoms with E-state index in [1.807, 2.05) is 31.2 Å². The third-order valence-electron chi connectivity index (χ3n) is 5.31. The molecule has 3 aromatic rings. The molecule has 0 aromatic heterocycles. The minimum Gasteiger partial charge on any atom is -0.322 e. The second-order valence-electron chi connectivity index (χ2n) is 7.16. The van der Waals surface area contributed by atoms with Gasteiger partial charge in [0.1, 0.15) is 0 Å². The molecular weight excluding hydrogens is 384 g/mol. The number of hydrogen-bond donors (Lipinski definition) is 1. The van der Waals surface area contributed by atoms with Crippen LogP contribution in [-0.2, 0) is 16.4 Å². The lowest BCUT2D eigenvalue weighted by Gasteiger charge is -2.31. The van der Waals surface area contributed by atoms with E-state index in [2.05, 4.69) is 12.2 Å². The van der Waals surface area contributed by atoms with Gasteiger partial charge in [-0.15, -0.1) is 0 Å². The minimum atomic E-state index is -3.61. The van der Waals surface area contributed by atoms with E-state index in [0.717, 1.165) is 23.2 Å². The fourth-order valence-electron chi connectivity index (χ4n) is 3.74. The number of sulfonamides is 1. The summed E-state index contributed by atoms with van der Waals surface area (Å²) in [5.74, 6) is -0.228. The first-order valence-electron chi connectivity index (χ1n) is 9.46. The Morgan fingerprint density at radius 2 is 1.69 bits per heavy atom. The van der Waals surface area contributed by atoms with Crippen molar-refractivity contribution in [2.45, 2.75) is 25.2 Å². The van der Waals surface area contributed by atoms with Gasteiger partial charge in [-0.1, -0.05) is 37.3 Å². The van der Waals surface area contributed by atoms with Gasteiger partial charge in [-0.3, -0.25) is 9.10 Å². The van der Waals surface area contributed by atoms with E-state index in [1.54, 1.807) is 43.4 Å². The predicted molar refractivity (Wildman–Crippen MR) is 116 cm³/mol. The fraction of sp³-hybridized carbons (Fsp3) is 0.174. The number of amides is 1. The van der Waals surface area contributed by atoms with Crippen LogP contribution in [0.5, 0.6) is 0 Å². The largest absolute Gasteiger partial charge is 0.322 e. The normalized spacial score (nSPS) is 14.1. The number of fused-ring (bicyclic) bond motifs is 3. The molecule has 0 atom stereocenters. The zero-order valence-corrected chi connectivity index (χ0v) is 17.4. The van der Waals surface area contributed by atoms with Crippen molar-refractivity contribution in [3.05, 3.63) is 77.4 Å². The molecule has 4 rings (SSSR count). The van der Waals surface area contributed by atoms with E-state index in [1.165, 1.54) is 9.87 Å². The number of nitrogens with zero attached hydrogens (tertiary/aromatic N) is 1. The molecule has 3 aromatic carbocycles. The molecule has 0 aliphatic carbocycles. The van der Waals surface area contributed by atoms with Crippen LogP contribution in [0.3, 0.4) is 0 Å². The molecule has 0 unspecified atom stereocenters. The van der Waals surface area contributed by atoms with Crippen molar-refractivity contribution < 1.29 is 13.2 Å². The van der Waals surface area contributed by atoms with Crippen LogP contribution in [0.1, 0.15) is 28.4 Å². The average Bonchev–Trinajstić information content (AvgIpc) is 2.72. The molecule has 0 saturated heterocycles. The molecule has 5 nitrogen and oxygen atoms in total. The fourth-order valence-corrected chi connectivity index (χ4v) is 5.23. The Hall–Kier alpha value is -3.12. The van der Waals surface area contributed by atoms with Crippen LogP contribution in [0.15, 0.2) is 65.6 Å². The molecule has 0 saturated carbocycles. The van der Waals surface area contributed by atoms with Crippen molar-refractivity contribution in [1.29, 1.82) is 0 Å². The number of carbonyl (C=O) groups is 1. The first kappa shape index (κ1) is 19.2. The molecule has 0 bridgehead atoms. The third kappa shape index (κ3) is 3.19. The van der Waals surface area contributed by atoms with Crippen LogP contribution in [0.4, 0.5) is 11.4 Å². The molecule has 6 heteroatoms. The topological polar surface area (TPSA) is 66.5 Å². The summed E-state index contributed by atoms with van der Waals surface area (Å²) in [6.45, 7) is 3.91. The van der Waals surface area contributed by atoms with Crippen LogP contribution in [0, 0.1) is 6.92 Å². The summed E-state index contributed by atoms with van der Waals surface area (Å²) in [5, 5.41) is 2.92. The van der Waals surface area contributed by atoms with Gasteiger partial charge in [-0.2, -0.15) is 0 Å². The van der Waals surface area contributed by atoms with E-state index in [0.29, 0.717) is 16.8 Å². The van der Waals surface area contributed by atoms with Gasteiger partial charge in [0.05, 0.1) is 10.6 Å². The quantitative estimate of drug-likeness (QED) is 0.690. The van der Waals surface area contributed by atoms with Crippen LogP contribution < -0.4 is 9.62 Å². The van der Waals surface area contributed by atoms with Crippen molar-refractivity contribution in [2.24, 2.45) is 0 Å². The number of carbonyl (C=O) groups excluding carboxylic acids is 1. The summed E-state index contributed by atoms with van der Waals surface area (Å²) in [6, 6.07) is 18.1. The lowest BCUT2D eigenvalue weighted by molar-refractivity contribution is 0.102. The Kier molecular flexibility index (Phi) is 4.67. The molecule has 1 heterocycles. The number of aryl methyl sites for hydroxylation is 2. The van der Waals surface area contributed by atoms with Crippen LogP contribution in [-0.4, -0.2) is 21.4 Å². The first-order valence-corrected chi connectivity index (χ1v) is 10.9. The Balaban J connectivity index is 1.78. The predicted octanol–water partition coefficient (Wildman–Crippen LogP) is 4.62. The SMILES string of the molecule is CCc1ccc(NC(=O)c2cc(C)c3c(c2)-c2ccccc2S(=O)(=O)N3C)cc1. The van der Waals surface area contributed by atoms with Gasteiger partial charge >= 0.3 is 0 Å². The highest BCUT2D eigenvalue weighted by Crippen LogP contribution is 2.44. The molecule has 29 heavy (non-hydrogen) atoms. The van der Waals surface area contributed by atoms with Gasteiger partial charge in [0.25, 0.3) is 15.9 Å². The number of nitrogens with one attached hydrogen (secondary N) is 1. The summed E-state index contributed by atoms with van der Waals surface area (Å²) < 4.78 is 27.1. The standard InChI is InChI=1S/C23H22N2O3S/c1-4-16-9-11-18(12-10-16)24-23(26)17-13-15(2)22-20(14-17)19-7-5-6-8-21(19)29(27,28)25(22)3/h5-14H,4H2,1-3H3,(H,24,26). The average molecular weight is 407 g/mol. The second-order valence-corrected chi connectivity index (χ2v) is 9.10. The van der Waals surface area contributed by atoms with Gasteiger partial charge < -0.3 is 5.32 Å². The van der Waals surface area contributed by atoms with Crippen LogP contribution in [0.2, 0.25) is 0 Å². The summed E-state index contributed by atoms with van der Waals surface area (Å²) in [5.41, 5.74) is 5.11. The zero-order valence-electron chi connectivity index (χ0n) is 16.6. The highest BCUT2D eigenvalue weighted by Gasteiger charge is 2.33. The number of rotatable bonds is 3. The highest BCUT2D eigenvalue weighted by atomic mass is 32.2. The number of hydrogen-bond acceptors (Lipinski definition) is 3. The van der Waals surface area contributed by atoms with Crippen LogP contribution >= 0.6 is 0 Å². The molecule has 1 N–H and O–H groups in total. The summed E-state index contributed by atoms with van der Waals surface area (Å²) in [4.78, 5) is 13.1. The van der Waals surface area contributed by atoms with E-state index in [-0.39, 0.29) is 10.8 Å². The van der Waals surface area contributed by atoms with Crippen LogP contribution in [0.25, 0.3) is 11.1 Å². The summed E-state index contributed by atoms with van der Waals surface area (Å²) in [7, 11) is -2.06. The molecule has 1 amide bonds. The first-order chi connectivity index (χ1) is 13.8. The zero-order chi connectivity index (χ0) is 20.8. The second kappa shape index (κ2) is 7.04. The molecule has 1 aliphatic rings. The van der Waals surface area contributed by atoms with Gasteiger partial charge in [-0.05, 0) is 54.8 Å². The summed E-state index contributed by atoms with van der Waals surface area (Å²) >= 11 is 0. The Labute approximate surface area is 171 Å². The molecular formula is C23H22N2O3S. The van der Waals surface area contributed by atoms with Crippen molar-refractivity contribution in [1.82, 2.24) is 0 Å². The molecule has 0 fully saturated rings. The Morgan fingerprint density at radius 3 is 2.38 bits per heavy atom. The maximum absolute atomic E-state index is 12.9. The van der Waals surface area contributed by atoms with E-state index >= 15 is 0 Å².